The first kappa shape index (κ1) is 53.9. The molecule has 9 aromatic heterocycles. The number of Topliss-reactive ketones (excluding diaryl/α,β-unsaturated/α-hetero) is 2. The average Bonchev–Trinajstić information content (AvgIpc) is 4.52. The number of carbonyl (C=O) groups is 4. The summed E-state index contributed by atoms with van der Waals surface area (Å²) in [6.45, 7) is 10.8. The van der Waals surface area contributed by atoms with E-state index in [0.717, 1.165) is 44.7 Å². The highest BCUT2D eigenvalue weighted by Gasteiger charge is 2.22. The van der Waals surface area contributed by atoms with Crippen LogP contribution in [0.15, 0.2) is 117 Å². The third-order valence-corrected chi connectivity index (χ3v) is 11.3. The van der Waals surface area contributed by atoms with Crippen molar-refractivity contribution in [2.75, 3.05) is 5.32 Å². The van der Waals surface area contributed by atoms with Gasteiger partial charge in [-0.3, -0.25) is 43.9 Å². The molecule has 0 unspecified atom stereocenters. The number of amides is 1. The molecule has 0 aliphatic heterocycles. The van der Waals surface area contributed by atoms with Crippen LogP contribution < -0.4 is 27.6 Å². The lowest BCUT2D eigenvalue weighted by atomic mass is 10.2. The summed E-state index contributed by atoms with van der Waals surface area (Å²) in [6, 6.07) is 22.5. The molecule has 0 fully saturated rings. The van der Waals surface area contributed by atoms with Gasteiger partial charge in [0.05, 0.1) is 17.1 Å². The van der Waals surface area contributed by atoms with Crippen LogP contribution in [0.4, 0.5) is 5.95 Å². The summed E-state index contributed by atoms with van der Waals surface area (Å²) in [6.07, 6.45) is 6.19. The van der Waals surface area contributed by atoms with E-state index in [-0.39, 0.29) is 46.1 Å². The Kier molecular flexibility index (Phi) is 15.2. The van der Waals surface area contributed by atoms with Crippen molar-refractivity contribution in [1.29, 1.82) is 0 Å². The van der Waals surface area contributed by atoms with Crippen LogP contribution in [-0.4, -0.2) is 147 Å². The van der Waals surface area contributed by atoms with E-state index in [0.29, 0.717) is 6.54 Å². The molecule has 0 bridgehead atoms. The summed E-state index contributed by atoms with van der Waals surface area (Å²) >= 11 is 0. The quantitative estimate of drug-likeness (QED) is 0.155. The van der Waals surface area contributed by atoms with Gasteiger partial charge in [-0.05, 0) is 72.5 Å². The number of tetrazole rings is 1. The molecule has 0 saturated carbocycles. The number of ketones is 2. The first-order chi connectivity index (χ1) is 38.9. The average molecular weight is 1100 g/mol. The smallest absolute Gasteiger partial charge is 0.362 e. The molecule has 3 N–H and O–H groups in total. The van der Waals surface area contributed by atoms with E-state index in [1.807, 2.05) is 100 Å². The number of para-hydroxylation sites is 3. The largest absolute Gasteiger partial charge is 0.476 e. The second-order valence-electron chi connectivity index (χ2n) is 17.0. The minimum atomic E-state index is -1.42. The summed E-state index contributed by atoms with van der Waals surface area (Å²) in [5.74, 6) is -1.99. The maximum atomic E-state index is 12.5. The molecule has 0 spiro atoms. The lowest BCUT2D eigenvalue weighted by Crippen LogP contribution is -2.28. The number of nitrogens with zero attached hydrogens (tertiary/aromatic N) is 23. The van der Waals surface area contributed by atoms with E-state index in [1.165, 1.54) is 71.4 Å². The number of aromatic amines is 1. The van der Waals surface area contributed by atoms with E-state index in [2.05, 4.69) is 86.7 Å². The first-order valence-electron chi connectivity index (χ1n) is 23.8. The summed E-state index contributed by atoms with van der Waals surface area (Å²) < 4.78 is 10.9. The third-order valence-electron chi connectivity index (χ3n) is 11.3. The standard InChI is InChI=1S/C16H16N10O2.C13H11N5O2.C12H9N5O3.C6H5N5O2/c1-3-8-24-15(20-22-23-24)18-13(27)12-14(28)19-16-25(21-12)9-17-26(16)11-7-5-4-6-10(11)2;1-8-5-3-4-6-10(8)18-13-15-12(20)11(9(2)19)16-17(13)7-14-18;1-7-4-2-3-5-8(7)17-12-14-10(18)9(11(19)20)15-16(12)6-13-17;1-3(12)4-5(13)8-6-9-7-2-11(6)10-4/h4-7,9H,3,8H2,1-2H3,(H,18,20,23,27);3-7H,1-2H3;2-6H,1H3,(H,19,20);2H,1H3,(H,8,9,13). The highest BCUT2D eigenvalue weighted by Crippen LogP contribution is 2.17. The van der Waals surface area contributed by atoms with E-state index in [1.54, 1.807) is 0 Å². The van der Waals surface area contributed by atoms with Crippen LogP contribution in [0.25, 0.3) is 40.2 Å². The number of hydrogen-bond acceptors (Lipinski definition) is 23. The highest BCUT2D eigenvalue weighted by molar-refractivity contribution is 6.01. The van der Waals surface area contributed by atoms with Crippen LogP contribution in [-0.2, 0) is 6.54 Å². The number of H-pyrrole nitrogens is 1. The maximum absolute atomic E-state index is 12.5. The molecule has 0 atom stereocenters. The van der Waals surface area contributed by atoms with Crippen LogP contribution in [0.3, 0.4) is 0 Å². The number of benzene rings is 3. The summed E-state index contributed by atoms with van der Waals surface area (Å²) in [5, 5.41) is 57.4. The fourth-order valence-corrected chi connectivity index (χ4v) is 7.45. The van der Waals surface area contributed by atoms with Gasteiger partial charge in [0.25, 0.3) is 34.6 Å². The molecule has 0 aliphatic rings. The number of nitrogens with one attached hydrogen (secondary N) is 2. The zero-order valence-corrected chi connectivity index (χ0v) is 43.2. The van der Waals surface area contributed by atoms with Crippen molar-refractivity contribution in [3.8, 4) is 17.1 Å². The number of carboxylic acids is 1. The molecule has 0 radical (unpaired) electrons. The second kappa shape index (κ2) is 22.8. The highest BCUT2D eigenvalue weighted by atomic mass is 16.4. The molecule has 0 aliphatic carbocycles. The normalized spacial score (nSPS) is 10.9. The van der Waals surface area contributed by atoms with E-state index in [4.69, 9.17) is 5.11 Å². The van der Waals surface area contributed by atoms with Crippen molar-refractivity contribution in [3.63, 3.8) is 0 Å². The van der Waals surface area contributed by atoms with E-state index < -0.39 is 51.4 Å². The van der Waals surface area contributed by atoms with Crippen LogP contribution in [0, 0.1) is 20.8 Å². The lowest BCUT2D eigenvalue weighted by molar-refractivity contribution is 0.0685. The van der Waals surface area contributed by atoms with Gasteiger partial charge in [-0.15, -0.1) is 10.2 Å². The van der Waals surface area contributed by atoms with Gasteiger partial charge in [0.2, 0.25) is 17.3 Å². The molecule has 12 rings (SSSR count). The number of hydrogen-bond donors (Lipinski definition) is 3. The van der Waals surface area contributed by atoms with Crippen molar-refractivity contribution < 1.29 is 24.3 Å². The van der Waals surface area contributed by atoms with Gasteiger partial charge in [-0.25, -0.2) is 9.48 Å². The first-order valence-corrected chi connectivity index (χ1v) is 23.8. The number of fused-ring (bicyclic) bond motifs is 4. The van der Waals surface area contributed by atoms with Crippen molar-refractivity contribution in [2.45, 2.75) is 54.5 Å². The van der Waals surface area contributed by atoms with Crippen LogP contribution >= 0.6 is 0 Å². The number of aromatic nitrogens is 24. The molecule has 34 nitrogen and oxygen atoms in total. The Morgan fingerprint density at radius 1 is 0.556 bits per heavy atom. The number of aromatic carboxylic acids is 1. The van der Waals surface area contributed by atoms with Gasteiger partial charge < -0.3 is 5.11 Å². The van der Waals surface area contributed by atoms with Gasteiger partial charge in [-0.1, -0.05) is 66.6 Å². The Labute approximate surface area is 449 Å². The SMILES string of the molecule is CC(=O)c1nn2cnn(-c3ccccc3C)c2nc1=O.CC(=O)c1nn2cnnc2[nH]c1=O.CCCn1nnnc1NC(=O)c1nn2cnn(-c3ccccc3C)c2nc1=O.Cc1ccccc1-n1ncn2nc(C(=O)O)c(=O)nc12. The molecule has 0 saturated heterocycles. The van der Waals surface area contributed by atoms with Crippen molar-refractivity contribution in [1.82, 2.24) is 118 Å². The van der Waals surface area contributed by atoms with Crippen LogP contribution in [0.5, 0.6) is 0 Å². The van der Waals surface area contributed by atoms with Crippen LogP contribution in [0.1, 0.15) is 85.8 Å². The zero-order chi connectivity index (χ0) is 57.6. The lowest BCUT2D eigenvalue weighted by Gasteiger charge is -2.06. The van der Waals surface area contributed by atoms with Gasteiger partial charge in [0.15, 0.2) is 23.0 Å². The van der Waals surface area contributed by atoms with Crippen molar-refractivity contribution in [2.24, 2.45) is 0 Å². The van der Waals surface area contributed by atoms with E-state index in [9.17, 15) is 38.4 Å². The number of carboxylic acid groups (broad SMARTS) is 1. The Bertz CT molecular complexity index is 4510. The van der Waals surface area contributed by atoms with Gasteiger partial charge >= 0.3 is 22.6 Å². The number of aryl methyl sites for hydroxylation is 4. The number of anilines is 1. The van der Waals surface area contributed by atoms with E-state index >= 15 is 0 Å². The minimum absolute atomic E-state index is 0.133. The molecule has 1 amide bonds. The predicted octanol–water partition coefficient (Wildman–Crippen LogP) is 0.316. The Balaban J connectivity index is 0.000000135. The fraction of sp³-hybridized carbons (Fsp3) is 0.170. The molecular formula is C47H41N25O9. The summed E-state index contributed by atoms with van der Waals surface area (Å²) in [4.78, 5) is 107. The third kappa shape index (κ3) is 11.2. The molecule has 34 heteroatoms. The predicted molar refractivity (Wildman–Crippen MR) is 278 cm³/mol. The summed E-state index contributed by atoms with van der Waals surface area (Å²) in [5.41, 5.74) is 0.972. The Morgan fingerprint density at radius 3 is 1.44 bits per heavy atom. The molecule has 3 aromatic carbocycles. The molecule has 12 aromatic rings. The molecule has 81 heavy (non-hydrogen) atoms. The maximum Gasteiger partial charge on any atom is 0.362 e. The number of carbonyl (C=O) groups excluding carboxylic acids is 3. The second-order valence-corrected chi connectivity index (χ2v) is 17.0. The Hall–Kier alpha value is -11.9. The molecule has 9 heterocycles. The van der Waals surface area contributed by atoms with Gasteiger partial charge in [0, 0.05) is 20.4 Å². The van der Waals surface area contributed by atoms with Crippen molar-refractivity contribution in [3.05, 3.63) is 179 Å². The summed E-state index contributed by atoms with van der Waals surface area (Å²) in [7, 11) is 0. The topological polar surface area (TPSA) is 415 Å². The molecule has 408 valence electrons. The van der Waals surface area contributed by atoms with Gasteiger partial charge in [-0.2, -0.15) is 82.7 Å². The van der Waals surface area contributed by atoms with Crippen molar-refractivity contribution >= 4 is 52.5 Å². The zero-order valence-electron chi connectivity index (χ0n) is 43.2. The molecular weight excluding hydrogens is 1060 g/mol. The number of rotatable bonds is 10. The fourth-order valence-electron chi connectivity index (χ4n) is 7.45. The van der Waals surface area contributed by atoms with Crippen LogP contribution in [0.2, 0.25) is 0 Å². The monoisotopic (exact) mass is 1100 g/mol. The Morgan fingerprint density at radius 2 is 0.988 bits per heavy atom. The van der Waals surface area contributed by atoms with Gasteiger partial charge in [0.1, 0.15) is 25.3 Å². The minimum Gasteiger partial charge on any atom is -0.476 e.